The first-order chi connectivity index (χ1) is 25.6. The zero-order valence-electron chi connectivity index (χ0n) is 35.7. The fourth-order valence-corrected chi connectivity index (χ4v) is 17.4. The molecule has 1 saturated heterocycles. The van der Waals surface area contributed by atoms with Gasteiger partial charge in [-0.2, -0.15) is 11.8 Å². The van der Waals surface area contributed by atoms with Crippen molar-refractivity contribution in [2.45, 2.75) is 144 Å². The molecule has 1 heterocycles. The van der Waals surface area contributed by atoms with Crippen LogP contribution in [-0.2, 0) is 24.2 Å². The SMILES string of the molecule is C=C(C)[C@@H]1CC[C@]2(NCC(CSC)N3CCS(=O)(=O)CC3)CC[C@]3(C)[C@H](CC[C@@H]4[C@@]5(C)CC[C@H](OC(=O)[C@H]6C[C@@H](C(=O)O)C6(C)C)C(C)(C)[C@@H]5CC[C@]43C)[C@@H]12. The number of hydrogen-bond donors (Lipinski definition) is 2. The average molecular weight is 803 g/mol. The van der Waals surface area contributed by atoms with Gasteiger partial charge in [-0.3, -0.25) is 14.5 Å². The maximum atomic E-state index is 13.6. The summed E-state index contributed by atoms with van der Waals surface area (Å²) in [5.41, 5.74) is 1.32. The van der Waals surface area contributed by atoms with E-state index in [9.17, 15) is 23.1 Å². The number of rotatable bonds is 10. The van der Waals surface area contributed by atoms with Crippen LogP contribution in [0.15, 0.2) is 12.2 Å². The monoisotopic (exact) mass is 802 g/mol. The van der Waals surface area contributed by atoms with E-state index in [2.05, 4.69) is 64.6 Å². The maximum absolute atomic E-state index is 13.6. The molecule has 0 bridgehead atoms. The molecule has 2 N–H and O–H groups in total. The third-order valence-electron chi connectivity index (χ3n) is 19.1. The molecule has 1 unspecified atom stereocenters. The third-order valence-corrected chi connectivity index (χ3v) is 21.4. The van der Waals surface area contributed by atoms with Crippen molar-refractivity contribution < 1.29 is 27.9 Å². The van der Waals surface area contributed by atoms with Gasteiger partial charge in [0.2, 0.25) is 0 Å². The summed E-state index contributed by atoms with van der Waals surface area (Å²) in [4.78, 5) is 27.9. The van der Waals surface area contributed by atoms with Crippen LogP contribution in [0.4, 0.5) is 0 Å². The van der Waals surface area contributed by atoms with E-state index in [-0.39, 0.29) is 56.7 Å². The molecule has 55 heavy (non-hydrogen) atoms. The molecule has 7 rings (SSSR count). The third kappa shape index (κ3) is 6.53. The molecule has 10 heteroatoms. The molecule has 0 aromatic carbocycles. The van der Waals surface area contributed by atoms with Crippen LogP contribution in [0.25, 0.3) is 0 Å². The van der Waals surface area contributed by atoms with E-state index in [1.165, 1.54) is 50.5 Å². The van der Waals surface area contributed by atoms with Gasteiger partial charge < -0.3 is 15.2 Å². The smallest absolute Gasteiger partial charge is 0.309 e. The lowest BCUT2D eigenvalue weighted by Gasteiger charge is -2.73. The molecule has 0 aromatic heterocycles. The number of hydrogen-bond acceptors (Lipinski definition) is 8. The van der Waals surface area contributed by atoms with Crippen LogP contribution in [-0.4, -0.2) is 91.2 Å². The number of carboxylic acid groups (broad SMARTS) is 1. The molecule has 0 spiro atoms. The molecule has 7 aliphatic rings. The van der Waals surface area contributed by atoms with Gasteiger partial charge in [0.05, 0.1) is 23.3 Å². The number of thioether (sulfide) groups is 1. The Bertz CT molecular complexity index is 1630. The highest BCUT2D eigenvalue weighted by atomic mass is 32.2. The second-order valence-electron chi connectivity index (χ2n) is 21.8. The van der Waals surface area contributed by atoms with Gasteiger partial charge in [-0.25, -0.2) is 8.42 Å². The number of carbonyl (C=O) groups is 2. The van der Waals surface area contributed by atoms with E-state index in [1.54, 1.807) is 0 Å². The summed E-state index contributed by atoms with van der Waals surface area (Å²) in [5.74, 6) is 2.52. The molecule has 0 aromatic rings. The Morgan fingerprint density at radius 3 is 2.18 bits per heavy atom. The van der Waals surface area contributed by atoms with E-state index in [0.717, 1.165) is 31.6 Å². The lowest BCUT2D eigenvalue weighted by molar-refractivity contribution is -0.248. The second-order valence-corrected chi connectivity index (χ2v) is 25.0. The Labute approximate surface area is 337 Å². The zero-order valence-corrected chi connectivity index (χ0v) is 37.3. The first-order valence-corrected chi connectivity index (χ1v) is 25.1. The van der Waals surface area contributed by atoms with Crippen LogP contribution >= 0.6 is 11.8 Å². The highest BCUT2D eigenvalue weighted by molar-refractivity contribution is 7.98. The molecule has 6 aliphatic carbocycles. The van der Waals surface area contributed by atoms with Gasteiger partial charge in [0.15, 0.2) is 9.84 Å². The quantitative estimate of drug-likeness (QED) is 0.167. The highest BCUT2D eigenvalue weighted by Crippen LogP contribution is 2.76. The standard InChI is InChI=1S/C45H74N2O6S2/c1-28(2)30-13-18-45(46-26-29(27-54-10)47-21-23-55(51,52)24-22-47)20-19-43(8)31(37(30)45)11-12-35-42(7)16-15-36(41(5,6)34(42)14-17-44(35,43)9)53-39(50)33-25-32(38(48)49)40(33,3)4/h29-37,46H,1,11-27H2,2-10H3,(H,48,49)/t29?,30-,31+,32-,33+,34-,35+,36-,37+,42-,43+,44+,45-/m0/s1. The topological polar surface area (TPSA) is 113 Å². The van der Waals surface area contributed by atoms with Crippen molar-refractivity contribution >= 4 is 33.5 Å². The van der Waals surface area contributed by atoms with Crippen molar-refractivity contribution in [2.75, 3.05) is 43.1 Å². The normalized spacial score (nSPS) is 46.1. The summed E-state index contributed by atoms with van der Waals surface area (Å²) in [7, 11) is -2.92. The van der Waals surface area contributed by atoms with Crippen molar-refractivity contribution in [1.29, 1.82) is 0 Å². The summed E-state index contributed by atoms with van der Waals surface area (Å²) >= 11 is 1.88. The Morgan fingerprint density at radius 2 is 1.56 bits per heavy atom. The van der Waals surface area contributed by atoms with Crippen molar-refractivity contribution in [3.05, 3.63) is 12.2 Å². The molecule has 1 aliphatic heterocycles. The Balaban J connectivity index is 1.10. The minimum absolute atomic E-state index is 0.0973. The molecule has 8 nitrogen and oxygen atoms in total. The summed E-state index contributed by atoms with van der Waals surface area (Å²) in [5, 5.41) is 14.0. The number of nitrogens with one attached hydrogen (secondary N) is 1. The number of esters is 1. The molecule has 13 atom stereocenters. The Hall–Kier alpha value is -1.10. The van der Waals surface area contributed by atoms with Crippen LogP contribution in [0.3, 0.4) is 0 Å². The molecule has 312 valence electrons. The largest absolute Gasteiger partial charge is 0.481 e. The van der Waals surface area contributed by atoms with Crippen LogP contribution in [0.5, 0.6) is 0 Å². The average Bonchev–Trinajstić information content (AvgIpc) is 3.48. The van der Waals surface area contributed by atoms with Gasteiger partial charge in [-0.15, -0.1) is 0 Å². The first kappa shape index (κ1) is 42.0. The Kier molecular flexibility index (Phi) is 10.9. The van der Waals surface area contributed by atoms with Gasteiger partial charge >= 0.3 is 11.9 Å². The van der Waals surface area contributed by atoms with Gasteiger partial charge in [0.25, 0.3) is 0 Å². The minimum atomic E-state index is -2.92. The van der Waals surface area contributed by atoms with E-state index in [1.807, 2.05) is 25.6 Å². The van der Waals surface area contributed by atoms with E-state index >= 15 is 0 Å². The predicted molar refractivity (Wildman–Crippen MR) is 223 cm³/mol. The van der Waals surface area contributed by atoms with Crippen LogP contribution in [0.2, 0.25) is 0 Å². The van der Waals surface area contributed by atoms with Crippen LogP contribution in [0.1, 0.15) is 126 Å². The van der Waals surface area contributed by atoms with Gasteiger partial charge in [0.1, 0.15) is 6.10 Å². The van der Waals surface area contributed by atoms with Gasteiger partial charge in [0, 0.05) is 42.4 Å². The fourth-order valence-electron chi connectivity index (χ4n) is 15.5. The molecular weight excluding hydrogens is 729 g/mol. The molecule has 0 amide bonds. The van der Waals surface area contributed by atoms with Gasteiger partial charge in [-0.1, -0.05) is 60.6 Å². The molecule has 0 radical (unpaired) electrons. The summed E-state index contributed by atoms with van der Waals surface area (Å²) in [6, 6.07) is 0.334. The lowest BCUT2D eigenvalue weighted by Crippen LogP contribution is -2.69. The fraction of sp³-hybridized carbons (Fsp3) is 0.911. The van der Waals surface area contributed by atoms with Crippen LogP contribution in [0, 0.1) is 68.5 Å². The molecule has 7 fully saturated rings. The summed E-state index contributed by atoms with van der Waals surface area (Å²) < 4.78 is 31.0. The number of fused-ring (bicyclic) bond motifs is 7. The number of allylic oxidation sites excluding steroid dienone is 1. The van der Waals surface area contributed by atoms with E-state index in [4.69, 9.17) is 4.74 Å². The summed E-state index contributed by atoms with van der Waals surface area (Å²) in [6.45, 7) is 25.6. The highest BCUT2D eigenvalue weighted by Gasteiger charge is 2.71. The lowest BCUT2D eigenvalue weighted by atomic mass is 9.32. The molecule has 6 saturated carbocycles. The summed E-state index contributed by atoms with van der Waals surface area (Å²) in [6.07, 6.45) is 14.1. The minimum Gasteiger partial charge on any atom is -0.481 e. The number of carbonyl (C=O) groups excluding carboxylic acids is 1. The predicted octanol–water partition coefficient (Wildman–Crippen LogP) is 8.11. The van der Waals surface area contributed by atoms with Crippen molar-refractivity contribution in [3.63, 3.8) is 0 Å². The number of ether oxygens (including phenoxy) is 1. The first-order valence-electron chi connectivity index (χ1n) is 21.8. The van der Waals surface area contributed by atoms with E-state index in [0.29, 0.717) is 55.1 Å². The number of aliphatic carboxylic acids is 1. The van der Waals surface area contributed by atoms with Crippen molar-refractivity contribution in [3.8, 4) is 0 Å². The van der Waals surface area contributed by atoms with E-state index < -0.39 is 27.1 Å². The van der Waals surface area contributed by atoms with Crippen molar-refractivity contribution in [2.24, 2.45) is 68.5 Å². The number of sulfone groups is 1. The maximum Gasteiger partial charge on any atom is 0.309 e. The van der Waals surface area contributed by atoms with Gasteiger partial charge in [-0.05, 0) is 135 Å². The number of carboxylic acids is 1. The van der Waals surface area contributed by atoms with Crippen molar-refractivity contribution in [1.82, 2.24) is 10.2 Å². The Morgan fingerprint density at radius 1 is 0.873 bits per heavy atom. The molecular formula is C45H74N2O6S2. The zero-order chi connectivity index (χ0) is 40.1. The second kappa shape index (κ2) is 14.3. The van der Waals surface area contributed by atoms with Crippen LogP contribution < -0.4 is 5.32 Å². The number of nitrogens with zero attached hydrogens (tertiary/aromatic N) is 1.